The first-order valence-corrected chi connectivity index (χ1v) is 13.1. The van der Waals surface area contributed by atoms with Crippen molar-refractivity contribution in [2.45, 2.75) is 31.7 Å². The molecule has 0 saturated carbocycles. The van der Waals surface area contributed by atoms with Crippen molar-refractivity contribution in [3.63, 3.8) is 0 Å². The van der Waals surface area contributed by atoms with Crippen LogP contribution in [0.15, 0.2) is 59.6 Å². The third kappa shape index (κ3) is 6.03. The van der Waals surface area contributed by atoms with Crippen LogP contribution in [-0.4, -0.2) is 57.0 Å². The highest BCUT2D eigenvalue weighted by atomic mass is 16.5. The summed E-state index contributed by atoms with van der Waals surface area (Å²) in [4.78, 5) is 19.5. The Kier molecular flexibility index (Phi) is 8.05. The molecule has 2 aliphatic rings. The largest absolute Gasteiger partial charge is 0.497 e. The smallest absolute Gasteiger partial charge is 0.256 e. The highest BCUT2D eigenvalue weighted by Crippen LogP contribution is 2.38. The third-order valence-electron chi connectivity index (χ3n) is 6.80. The monoisotopic (exact) mass is 531 g/mol. The molecule has 1 saturated heterocycles. The SMILES string of the molecule is COc1ccc(Oc2cc(OCCCCOc3cc4c(cc3OC)C(=O)N3CCC[C@H]3C=N4)ccc2N)cc1. The van der Waals surface area contributed by atoms with E-state index in [4.69, 9.17) is 29.4 Å². The lowest BCUT2D eigenvalue weighted by atomic mass is 10.1. The van der Waals surface area contributed by atoms with Crippen LogP contribution in [0.3, 0.4) is 0 Å². The fourth-order valence-electron chi connectivity index (χ4n) is 4.66. The number of carbonyl (C=O) groups is 1. The van der Waals surface area contributed by atoms with Gasteiger partial charge in [-0.2, -0.15) is 0 Å². The van der Waals surface area contributed by atoms with Crippen LogP contribution in [0.25, 0.3) is 0 Å². The number of rotatable bonds is 11. The van der Waals surface area contributed by atoms with Gasteiger partial charge in [-0.3, -0.25) is 9.79 Å². The summed E-state index contributed by atoms with van der Waals surface area (Å²) in [6.45, 7) is 1.73. The molecule has 3 aromatic rings. The average Bonchev–Trinajstić information content (AvgIpc) is 3.39. The number of hydrogen-bond donors (Lipinski definition) is 1. The van der Waals surface area contributed by atoms with Crippen molar-refractivity contribution in [3.05, 3.63) is 60.2 Å². The van der Waals surface area contributed by atoms with Crippen LogP contribution in [0.1, 0.15) is 36.0 Å². The number of benzene rings is 3. The van der Waals surface area contributed by atoms with Gasteiger partial charge in [-0.25, -0.2) is 0 Å². The number of nitrogens with two attached hydrogens (primary N) is 1. The molecule has 3 aromatic carbocycles. The molecule has 0 radical (unpaired) electrons. The van der Waals surface area contributed by atoms with Gasteiger partial charge < -0.3 is 34.3 Å². The molecule has 1 amide bonds. The fraction of sp³-hybridized carbons (Fsp3) is 0.333. The first-order chi connectivity index (χ1) is 19.1. The van der Waals surface area contributed by atoms with Crippen LogP contribution in [0.4, 0.5) is 11.4 Å². The molecule has 5 rings (SSSR count). The van der Waals surface area contributed by atoms with E-state index in [-0.39, 0.29) is 11.9 Å². The van der Waals surface area contributed by atoms with E-state index in [1.165, 1.54) is 0 Å². The molecular weight excluding hydrogens is 498 g/mol. The van der Waals surface area contributed by atoms with Crippen LogP contribution < -0.4 is 29.4 Å². The number of amides is 1. The summed E-state index contributed by atoms with van der Waals surface area (Å²) in [5.41, 5.74) is 7.77. The quantitative estimate of drug-likeness (QED) is 0.252. The zero-order valence-electron chi connectivity index (χ0n) is 22.2. The Balaban J connectivity index is 1.12. The van der Waals surface area contributed by atoms with Crippen molar-refractivity contribution in [1.82, 2.24) is 4.90 Å². The maximum absolute atomic E-state index is 13.0. The molecule has 0 unspecified atom stereocenters. The lowest BCUT2D eigenvalue weighted by Crippen LogP contribution is -2.35. The van der Waals surface area contributed by atoms with Crippen molar-refractivity contribution in [2.75, 3.05) is 39.7 Å². The summed E-state index contributed by atoms with van der Waals surface area (Å²) >= 11 is 0. The standard InChI is InChI=1S/C30H33N3O6/c1-35-21-7-9-22(10-8-21)39-27-16-23(11-12-25(27)31)37-14-3-4-15-38-29-18-26-24(17-28(29)36-2)30(34)33-13-5-6-20(33)19-32-26/h7-12,16-20H,3-6,13-15,31H2,1-2H3/t20-/m0/s1. The second kappa shape index (κ2) is 12.0. The number of aliphatic imine (C=N–C) groups is 1. The topological polar surface area (TPSA) is 105 Å². The van der Waals surface area contributed by atoms with Gasteiger partial charge in [0.1, 0.15) is 17.2 Å². The summed E-state index contributed by atoms with van der Waals surface area (Å²) in [6, 6.07) is 16.2. The summed E-state index contributed by atoms with van der Waals surface area (Å²) in [5.74, 6) is 3.69. The first-order valence-electron chi connectivity index (χ1n) is 13.1. The summed E-state index contributed by atoms with van der Waals surface area (Å²) in [6.07, 6.45) is 5.35. The summed E-state index contributed by atoms with van der Waals surface area (Å²) < 4.78 is 28.5. The molecule has 9 nitrogen and oxygen atoms in total. The molecule has 0 spiro atoms. The van der Waals surface area contributed by atoms with E-state index < -0.39 is 0 Å². The van der Waals surface area contributed by atoms with E-state index in [9.17, 15) is 4.79 Å². The zero-order valence-corrected chi connectivity index (χ0v) is 22.2. The van der Waals surface area contributed by atoms with Gasteiger partial charge in [0, 0.05) is 24.9 Å². The van der Waals surface area contributed by atoms with E-state index in [2.05, 4.69) is 4.99 Å². The molecule has 2 heterocycles. The average molecular weight is 532 g/mol. The number of fused-ring (bicyclic) bond motifs is 2. The molecule has 1 atom stereocenters. The Morgan fingerprint density at radius 2 is 1.62 bits per heavy atom. The second-order valence-electron chi connectivity index (χ2n) is 9.39. The molecule has 2 N–H and O–H groups in total. The van der Waals surface area contributed by atoms with E-state index in [0.29, 0.717) is 58.9 Å². The van der Waals surface area contributed by atoms with Gasteiger partial charge >= 0.3 is 0 Å². The Morgan fingerprint density at radius 3 is 2.38 bits per heavy atom. The maximum atomic E-state index is 13.0. The van der Waals surface area contributed by atoms with Crippen LogP contribution in [0, 0.1) is 0 Å². The first kappa shape index (κ1) is 26.2. The lowest BCUT2D eigenvalue weighted by Gasteiger charge is -2.20. The van der Waals surface area contributed by atoms with Crippen molar-refractivity contribution in [1.29, 1.82) is 0 Å². The minimum atomic E-state index is -0.00720. The molecule has 9 heteroatoms. The van der Waals surface area contributed by atoms with Crippen LogP contribution in [0.2, 0.25) is 0 Å². The number of ether oxygens (including phenoxy) is 5. The minimum absolute atomic E-state index is 0.00720. The highest BCUT2D eigenvalue weighted by Gasteiger charge is 2.32. The van der Waals surface area contributed by atoms with E-state index in [1.54, 1.807) is 38.5 Å². The van der Waals surface area contributed by atoms with Gasteiger partial charge in [0.2, 0.25) is 0 Å². The number of carbonyl (C=O) groups excluding carboxylic acids is 1. The van der Waals surface area contributed by atoms with Crippen molar-refractivity contribution in [2.24, 2.45) is 4.99 Å². The summed E-state index contributed by atoms with van der Waals surface area (Å²) in [7, 11) is 3.19. The Morgan fingerprint density at radius 1 is 0.872 bits per heavy atom. The van der Waals surface area contributed by atoms with E-state index in [1.807, 2.05) is 41.4 Å². The number of hydrogen-bond acceptors (Lipinski definition) is 8. The van der Waals surface area contributed by atoms with Crippen LogP contribution >= 0.6 is 0 Å². The van der Waals surface area contributed by atoms with Crippen molar-refractivity contribution >= 4 is 23.5 Å². The van der Waals surface area contributed by atoms with Gasteiger partial charge in [-0.1, -0.05) is 0 Å². The lowest BCUT2D eigenvalue weighted by molar-refractivity contribution is 0.0774. The number of unbranched alkanes of at least 4 members (excludes halogenated alkanes) is 1. The molecule has 204 valence electrons. The molecule has 39 heavy (non-hydrogen) atoms. The Bertz CT molecular complexity index is 1340. The van der Waals surface area contributed by atoms with Crippen LogP contribution in [-0.2, 0) is 0 Å². The molecule has 0 aromatic heterocycles. The van der Waals surface area contributed by atoms with Gasteiger partial charge in [-0.15, -0.1) is 0 Å². The minimum Gasteiger partial charge on any atom is -0.497 e. The summed E-state index contributed by atoms with van der Waals surface area (Å²) in [5, 5.41) is 0. The number of nitrogen functional groups attached to an aromatic ring is 1. The third-order valence-corrected chi connectivity index (χ3v) is 6.80. The zero-order chi connectivity index (χ0) is 27.2. The Labute approximate surface area is 228 Å². The molecule has 2 aliphatic heterocycles. The normalized spacial score (nSPS) is 15.8. The number of methoxy groups -OCH3 is 2. The maximum Gasteiger partial charge on any atom is 0.256 e. The molecule has 0 bridgehead atoms. The number of nitrogens with zero attached hydrogens (tertiary/aromatic N) is 2. The predicted octanol–water partition coefficient (Wildman–Crippen LogP) is 5.64. The van der Waals surface area contributed by atoms with E-state index >= 15 is 0 Å². The molecular formula is C30H33N3O6. The van der Waals surface area contributed by atoms with Gasteiger partial charge in [0.05, 0.1) is 50.4 Å². The molecule has 1 fully saturated rings. The van der Waals surface area contributed by atoms with E-state index in [0.717, 1.165) is 38.0 Å². The Hall–Kier alpha value is -4.40. The molecule has 0 aliphatic carbocycles. The van der Waals surface area contributed by atoms with Crippen molar-refractivity contribution < 1.29 is 28.5 Å². The van der Waals surface area contributed by atoms with Gasteiger partial charge in [-0.05, 0) is 68.1 Å². The number of anilines is 1. The van der Waals surface area contributed by atoms with Crippen LogP contribution in [0.5, 0.6) is 34.5 Å². The highest BCUT2D eigenvalue weighted by molar-refractivity contribution is 6.03. The van der Waals surface area contributed by atoms with Crippen molar-refractivity contribution in [3.8, 4) is 34.5 Å². The predicted molar refractivity (Wildman–Crippen MR) is 149 cm³/mol. The second-order valence-corrected chi connectivity index (χ2v) is 9.39. The van der Waals surface area contributed by atoms with Gasteiger partial charge in [0.15, 0.2) is 17.2 Å². The van der Waals surface area contributed by atoms with Gasteiger partial charge in [0.25, 0.3) is 5.91 Å². The fourth-order valence-corrected chi connectivity index (χ4v) is 4.66.